The molecule has 5 nitrogen and oxygen atoms in total. The standard InChI is InChI=1S/C15H21IN2O3/c1-10(2)18(9-15(20)21-4)8-14(19)17-13-6-5-12(16)7-11(13)3/h5-7,10H,8-9H2,1-4H3,(H,17,19). The number of aryl methyl sites for hydroxylation is 1. The minimum absolute atomic E-state index is 0.0765. The van der Waals surface area contributed by atoms with Crippen LogP contribution in [0.5, 0.6) is 0 Å². The van der Waals surface area contributed by atoms with Gasteiger partial charge >= 0.3 is 5.97 Å². The van der Waals surface area contributed by atoms with E-state index in [0.29, 0.717) is 0 Å². The van der Waals surface area contributed by atoms with E-state index in [1.165, 1.54) is 7.11 Å². The lowest BCUT2D eigenvalue weighted by atomic mass is 10.2. The van der Waals surface area contributed by atoms with Crippen molar-refractivity contribution >= 4 is 40.2 Å². The Morgan fingerprint density at radius 1 is 1.33 bits per heavy atom. The van der Waals surface area contributed by atoms with Crippen molar-refractivity contribution in [1.29, 1.82) is 0 Å². The highest BCUT2D eigenvalue weighted by Gasteiger charge is 2.18. The highest BCUT2D eigenvalue weighted by molar-refractivity contribution is 14.1. The maximum atomic E-state index is 12.1. The fourth-order valence-electron chi connectivity index (χ4n) is 1.79. The minimum atomic E-state index is -0.345. The molecule has 0 aliphatic rings. The number of hydrogen-bond donors (Lipinski definition) is 1. The molecule has 21 heavy (non-hydrogen) atoms. The van der Waals surface area contributed by atoms with Crippen molar-refractivity contribution in [1.82, 2.24) is 4.90 Å². The molecule has 1 rings (SSSR count). The lowest BCUT2D eigenvalue weighted by Gasteiger charge is -2.24. The van der Waals surface area contributed by atoms with Gasteiger partial charge in [0.15, 0.2) is 0 Å². The average molecular weight is 404 g/mol. The van der Waals surface area contributed by atoms with Crippen molar-refractivity contribution in [2.45, 2.75) is 26.8 Å². The third-order valence-corrected chi connectivity index (χ3v) is 3.77. The van der Waals surface area contributed by atoms with Crippen LogP contribution in [0.4, 0.5) is 5.69 Å². The van der Waals surface area contributed by atoms with Crippen LogP contribution in [-0.2, 0) is 14.3 Å². The second-order valence-electron chi connectivity index (χ2n) is 5.08. The number of esters is 1. The first-order chi connectivity index (χ1) is 9.83. The Morgan fingerprint density at radius 3 is 2.52 bits per heavy atom. The molecule has 0 saturated carbocycles. The van der Waals surface area contributed by atoms with Gasteiger partial charge in [-0.2, -0.15) is 0 Å². The molecule has 0 heterocycles. The van der Waals surface area contributed by atoms with E-state index >= 15 is 0 Å². The number of rotatable bonds is 6. The van der Waals surface area contributed by atoms with Crippen molar-refractivity contribution in [3.63, 3.8) is 0 Å². The van der Waals surface area contributed by atoms with Gasteiger partial charge in [-0.1, -0.05) is 0 Å². The first-order valence-corrected chi connectivity index (χ1v) is 7.78. The molecule has 1 amide bonds. The fourth-order valence-corrected chi connectivity index (χ4v) is 2.44. The van der Waals surface area contributed by atoms with Gasteiger partial charge in [0.1, 0.15) is 0 Å². The number of methoxy groups -OCH3 is 1. The van der Waals surface area contributed by atoms with Crippen LogP contribution in [0.25, 0.3) is 0 Å². The predicted molar refractivity (Wildman–Crippen MR) is 91.3 cm³/mol. The summed E-state index contributed by atoms with van der Waals surface area (Å²) in [5.41, 5.74) is 1.81. The number of amides is 1. The van der Waals surface area contributed by atoms with E-state index in [-0.39, 0.29) is 31.0 Å². The number of anilines is 1. The van der Waals surface area contributed by atoms with E-state index in [0.717, 1.165) is 14.8 Å². The normalized spacial score (nSPS) is 10.8. The molecule has 1 aromatic rings. The van der Waals surface area contributed by atoms with Crippen molar-refractivity contribution in [3.8, 4) is 0 Å². The summed E-state index contributed by atoms with van der Waals surface area (Å²) in [6.45, 7) is 6.08. The molecule has 0 aromatic heterocycles. The number of ether oxygens (including phenoxy) is 1. The number of hydrogen-bond acceptors (Lipinski definition) is 4. The summed E-state index contributed by atoms with van der Waals surface area (Å²) in [5.74, 6) is -0.487. The van der Waals surface area contributed by atoms with Crippen molar-refractivity contribution in [2.24, 2.45) is 0 Å². The lowest BCUT2D eigenvalue weighted by molar-refractivity contribution is -0.142. The summed E-state index contributed by atoms with van der Waals surface area (Å²) in [4.78, 5) is 25.3. The van der Waals surface area contributed by atoms with Gasteiger partial charge in [0.2, 0.25) is 5.91 Å². The second kappa shape index (κ2) is 8.33. The van der Waals surface area contributed by atoms with E-state index in [9.17, 15) is 9.59 Å². The third kappa shape index (κ3) is 6.01. The van der Waals surface area contributed by atoms with E-state index in [4.69, 9.17) is 0 Å². The topological polar surface area (TPSA) is 58.6 Å². The first kappa shape index (κ1) is 17.9. The number of halogens is 1. The van der Waals surface area contributed by atoms with Gasteiger partial charge in [-0.05, 0) is 67.1 Å². The molecule has 0 aliphatic carbocycles. The summed E-state index contributed by atoms with van der Waals surface area (Å²) in [6.07, 6.45) is 0. The summed E-state index contributed by atoms with van der Waals surface area (Å²) in [7, 11) is 1.34. The lowest BCUT2D eigenvalue weighted by Crippen LogP contribution is -2.41. The number of nitrogens with one attached hydrogen (secondary N) is 1. The van der Waals surface area contributed by atoms with Crippen molar-refractivity contribution in [3.05, 3.63) is 27.3 Å². The minimum Gasteiger partial charge on any atom is -0.468 e. The monoisotopic (exact) mass is 404 g/mol. The van der Waals surface area contributed by atoms with Gasteiger partial charge in [-0.3, -0.25) is 14.5 Å². The summed E-state index contributed by atoms with van der Waals surface area (Å²) in [6, 6.07) is 5.91. The Balaban J connectivity index is 2.67. The van der Waals surface area contributed by atoms with Crippen molar-refractivity contribution < 1.29 is 14.3 Å². The smallest absolute Gasteiger partial charge is 0.319 e. The van der Waals surface area contributed by atoms with Crippen LogP contribution >= 0.6 is 22.6 Å². The Bertz CT molecular complexity index is 518. The fraction of sp³-hybridized carbons (Fsp3) is 0.467. The molecule has 0 fully saturated rings. The van der Waals surface area contributed by atoms with Crippen LogP contribution in [0.15, 0.2) is 18.2 Å². The van der Waals surface area contributed by atoms with E-state index < -0.39 is 0 Å². The molecule has 0 saturated heterocycles. The Labute approximate surface area is 139 Å². The van der Waals surface area contributed by atoms with Gasteiger partial charge < -0.3 is 10.1 Å². The van der Waals surface area contributed by atoms with Crippen LogP contribution in [-0.4, -0.2) is 43.0 Å². The number of carbonyl (C=O) groups is 2. The maximum absolute atomic E-state index is 12.1. The van der Waals surface area contributed by atoms with Crippen LogP contribution in [0.3, 0.4) is 0 Å². The summed E-state index contributed by atoms with van der Waals surface area (Å²) >= 11 is 2.23. The molecule has 0 radical (unpaired) electrons. The molecular formula is C15H21IN2O3. The highest BCUT2D eigenvalue weighted by Crippen LogP contribution is 2.17. The molecule has 0 unspecified atom stereocenters. The Morgan fingerprint density at radius 2 is 2.00 bits per heavy atom. The van der Waals surface area contributed by atoms with Gasteiger partial charge in [-0.25, -0.2) is 0 Å². The molecule has 1 N–H and O–H groups in total. The van der Waals surface area contributed by atoms with Crippen LogP contribution in [0, 0.1) is 10.5 Å². The summed E-state index contributed by atoms with van der Waals surface area (Å²) < 4.78 is 5.77. The molecule has 1 aromatic carbocycles. The molecule has 116 valence electrons. The van der Waals surface area contributed by atoms with Crippen molar-refractivity contribution in [2.75, 3.05) is 25.5 Å². The zero-order valence-electron chi connectivity index (χ0n) is 12.8. The average Bonchev–Trinajstić information content (AvgIpc) is 2.40. The van der Waals surface area contributed by atoms with Crippen LogP contribution < -0.4 is 5.32 Å². The second-order valence-corrected chi connectivity index (χ2v) is 6.33. The first-order valence-electron chi connectivity index (χ1n) is 6.70. The number of nitrogens with zero attached hydrogens (tertiary/aromatic N) is 1. The molecule has 0 bridgehead atoms. The van der Waals surface area contributed by atoms with Gasteiger partial charge in [0, 0.05) is 15.3 Å². The zero-order chi connectivity index (χ0) is 16.0. The number of benzene rings is 1. The molecule has 0 aliphatic heterocycles. The summed E-state index contributed by atoms with van der Waals surface area (Å²) in [5, 5.41) is 2.88. The maximum Gasteiger partial charge on any atom is 0.319 e. The van der Waals surface area contributed by atoms with Gasteiger partial charge in [-0.15, -0.1) is 0 Å². The Hall–Kier alpha value is -1.15. The SMILES string of the molecule is COC(=O)CN(CC(=O)Nc1ccc(I)cc1C)C(C)C. The van der Waals surface area contributed by atoms with E-state index in [1.807, 2.05) is 39.0 Å². The van der Waals surface area contributed by atoms with E-state index in [1.54, 1.807) is 4.90 Å². The number of carbonyl (C=O) groups excluding carboxylic acids is 2. The largest absolute Gasteiger partial charge is 0.468 e. The quantitative estimate of drug-likeness (QED) is 0.585. The van der Waals surface area contributed by atoms with Gasteiger partial charge in [0.25, 0.3) is 0 Å². The predicted octanol–water partition coefficient (Wildman–Crippen LogP) is 2.42. The van der Waals surface area contributed by atoms with E-state index in [2.05, 4.69) is 32.6 Å². The van der Waals surface area contributed by atoms with Crippen LogP contribution in [0.1, 0.15) is 19.4 Å². The van der Waals surface area contributed by atoms with Crippen LogP contribution in [0.2, 0.25) is 0 Å². The third-order valence-electron chi connectivity index (χ3n) is 3.10. The Kier molecular flexibility index (Phi) is 7.10. The highest BCUT2D eigenvalue weighted by atomic mass is 127. The molecule has 0 spiro atoms. The molecular weight excluding hydrogens is 383 g/mol. The molecule has 6 heteroatoms. The van der Waals surface area contributed by atoms with Gasteiger partial charge in [0.05, 0.1) is 20.2 Å². The zero-order valence-corrected chi connectivity index (χ0v) is 14.9. The molecule has 0 atom stereocenters.